The van der Waals surface area contributed by atoms with Crippen molar-refractivity contribution in [3.05, 3.63) is 126 Å². The number of hydrogen-bond acceptors (Lipinski definition) is 11. The van der Waals surface area contributed by atoms with Crippen molar-refractivity contribution in [3.63, 3.8) is 0 Å². The summed E-state index contributed by atoms with van der Waals surface area (Å²) >= 11 is 0. The van der Waals surface area contributed by atoms with Crippen molar-refractivity contribution in [2.45, 2.75) is 94.0 Å². The number of nitrogens with two attached hydrogens (primary N) is 8. The highest BCUT2D eigenvalue weighted by atomic mass is 16.3. The number of phenolic OH excluding ortho intramolecular Hbond substituents is 1. The monoisotopic (exact) mass is 1040 g/mol. The third-order valence-corrected chi connectivity index (χ3v) is 12.3. The molecule has 0 unspecified atom stereocenters. The van der Waals surface area contributed by atoms with E-state index in [1.54, 1.807) is 12.1 Å². The Morgan fingerprint density at radius 3 is 1.18 bits per heavy atom. The first-order valence-corrected chi connectivity index (χ1v) is 24.8. The van der Waals surface area contributed by atoms with Crippen LogP contribution in [0.3, 0.4) is 0 Å². The van der Waals surface area contributed by atoms with Gasteiger partial charge in [-0.1, -0.05) is 97.1 Å². The molecule has 0 radical (unpaired) electrons. The fourth-order valence-corrected chi connectivity index (χ4v) is 8.28. The van der Waals surface area contributed by atoms with Gasteiger partial charge in [0.05, 0.1) is 6.04 Å². The third kappa shape index (κ3) is 19.1. The number of nitrogens with zero attached hydrogens (tertiary/aromatic N) is 3. The molecule has 6 atom stereocenters. The molecular weight excluding hydrogens is 973 g/mol. The highest BCUT2D eigenvalue weighted by Crippen LogP contribution is 2.19. The van der Waals surface area contributed by atoms with Gasteiger partial charge in [0.1, 0.15) is 36.0 Å². The summed E-state index contributed by atoms with van der Waals surface area (Å²) in [6.07, 6.45) is 0.708. The average molecular weight is 1040 g/mol. The largest absolute Gasteiger partial charge is 0.508 e. The second-order valence-electron chi connectivity index (χ2n) is 18.3. The zero-order valence-electron chi connectivity index (χ0n) is 42.2. The first-order valence-electron chi connectivity index (χ1n) is 24.8. The summed E-state index contributed by atoms with van der Waals surface area (Å²) in [5.74, 6) is -5.16. The Labute approximate surface area is 440 Å². The number of amides is 6. The van der Waals surface area contributed by atoms with E-state index in [0.717, 1.165) is 27.1 Å². The van der Waals surface area contributed by atoms with Crippen molar-refractivity contribution in [2.75, 3.05) is 19.6 Å². The van der Waals surface area contributed by atoms with Crippen LogP contribution in [0.2, 0.25) is 0 Å². The summed E-state index contributed by atoms with van der Waals surface area (Å²) in [5.41, 5.74) is 47.2. The zero-order chi connectivity index (χ0) is 55.1. The van der Waals surface area contributed by atoms with Gasteiger partial charge in [-0.25, -0.2) is 0 Å². The summed E-state index contributed by atoms with van der Waals surface area (Å²) in [6.45, 7) is 0.374. The van der Waals surface area contributed by atoms with E-state index in [2.05, 4.69) is 41.6 Å². The number of fused-ring (bicyclic) bond motifs is 2. The van der Waals surface area contributed by atoms with Crippen LogP contribution >= 0.6 is 0 Å². The fourth-order valence-electron chi connectivity index (χ4n) is 8.28. The van der Waals surface area contributed by atoms with Gasteiger partial charge in [-0.05, 0) is 88.9 Å². The zero-order valence-corrected chi connectivity index (χ0v) is 42.2. The highest BCUT2D eigenvalue weighted by Gasteiger charge is 2.33. The maximum absolute atomic E-state index is 14.7. The summed E-state index contributed by atoms with van der Waals surface area (Å²) in [6, 6.07) is 24.7. The molecule has 5 aromatic rings. The van der Waals surface area contributed by atoms with Crippen LogP contribution in [-0.4, -0.2) is 114 Å². The lowest BCUT2D eigenvalue weighted by molar-refractivity contribution is -0.135. The predicted molar refractivity (Wildman–Crippen MR) is 294 cm³/mol. The van der Waals surface area contributed by atoms with E-state index < -0.39 is 71.7 Å². The van der Waals surface area contributed by atoms with Gasteiger partial charge in [-0.3, -0.25) is 43.7 Å². The Morgan fingerprint density at radius 1 is 0.408 bits per heavy atom. The maximum Gasteiger partial charge on any atom is 0.243 e. The SMILES string of the molecule is NC(=O)[C@H](Cc1ccc2ccccc2c1)NC(=O)[C@H](CCCN=C(N)N)NC(=O)[C@H](Cc1ccc(O)cc1)NC(=O)[C@H](CCCN=C(N)N)NC(=O)[C@H](Cc1ccc2ccccc2c1)NC(=O)[C@@H](N)CCCN=C(N)N. The Morgan fingerprint density at radius 2 is 0.750 bits per heavy atom. The summed E-state index contributed by atoms with van der Waals surface area (Å²) in [7, 11) is 0. The number of aliphatic imine (C=N–C) groups is 3. The number of rotatable bonds is 29. The molecule has 23 heteroatoms. The fraction of sp³-hybridized carbons (Fsp3) is 0.340. The minimum absolute atomic E-state index is 0.0111. The Balaban J connectivity index is 1.43. The molecule has 0 spiro atoms. The van der Waals surface area contributed by atoms with Crippen molar-refractivity contribution in [2.24, 2.45) is 60.8 Å². The van der Waals surface area contributed by atoms with Crippen LogP contribution in [0.5, 0.6) is 5.75 Å². The van der Waals surface area contributed by atoms with Gasteiger partial charge in [0.2, 0.25) is 35.4 Å². The van der Waals surface area contributed by atoms with Crippen LogP contribution in [0.1, 0.15) is 55.2 Å². The molecule has 0 saturated heterocycles. The average Bonchev–Trinajstić information content (AvgIpc) is 3.38. The number of guanidine groups is 3. The first-order chi connectivity index (χ1) is 36.3. The predicted octanol–water partition coefficient (Wildman–Crippen LogP) is -0.876. The van der Waals surface area contributed by atoms with Crippen LogP contribution in [0.15, 0.2) is 124 Å². The van der Waals surface area contributed by atoms with Gasteiger partial charge in [0.25, 0.3) is 0 Å². The molecule has 0 aliphatic carbocycles. The number of benzene rings is 5. The van der Waals surface area contributed by atoms with Crippen LogP contribution in [0.25, 0.3) is 21.5 Å². The number of aromatic hydroxyl groups is 1. The number of phenols is 1. The number of carbonyl (C=O) groups is 6. The molecule has 0 fully saturated rings. The quantitative estimate of drug-likeness (QED) is 0.0157. The molecule has 22 N–H and O–H groups in total. The van der Waals surface area contributed by atoms with E-state index in [0.29, 0.717) is 17.5 Å². The Bertz CT molecular complexity index is 2880. The van der Waals surface area contributed by atoms with E-state index in [9.17, 15) is 33.9 Å². The van der Waals surface area contributed by atoms with Crippen LogP contribution in [0.4, 0.5) is 0 Å². The second-order valence-corrected chi connectivity index (χ2v) is 18.3. The molecule has 23 nitrogen and oxygen atoms in total. The Hall–Kier alpha value is -8.99. The van der Waals surface area contributed by atoms with Crippen molar-refractivity contribution in [1.29, 1.82) is 0 Å². The smallest absolute Gasteiger partial charge is 0.243 e. The number of primary amides is 1. The lowest BCUT2D eigenvalue weighted by Crippen LogP contribution is -2.60. The molecule has 0 aliphatic rings. The van der Waals surface area contributed by atoms with E-state index in [1.165, 1.54) is 12.1 Å². The number of carbonyl (C=O) groups excluding carboxylic acids is 6. The van der Waals surface area contributed by atoms with Gasteiger partial charge in [-0.2, -0.15) is 0 Å². The first kappa shape index (κ1) is 57.9. The molecule has 76 heavy (non-hydrogen) atoms. The van der Waals surface area contributed by atoms with Gasteiger partial charge in [0, 0.05) is 38.9 Å². The molecule has 0 heterocycles. The Kier molecular flexibility index (Phi) is 22.1. The highest BCUT2D eigenvalue weighted by molar-refractivity contribution is 5.97. The molecule has 5 aromatic carbocycles. The molecular formula is C53H70N16O7. The van der Waals surface area contributed by atoms with E-state index in [4.69, 9.17) is 45.9 Å². The molecule has 0 bridgehead atoms. The molecule has 0 aliphatic heterocycles. The normalized spacial score (nSPS) is 13.3. The molecule has 404 valence electrons. The van der Waals surface area contributed by atoms with Crippen LogP contribution < -0.4 is 72.5 Å². The molecule has 5 rings (SSSR count). The van der Waals surface area contributed by atoms with Gasteiger partial charge in [0.15, 0.2) is 17.9 Å². The lowest BCUT2D eigenvalue weighted by Gasteiger charge is -2.27. The van der Waals surface area contributed by atoms with E-state index in [1.807, 2.05) is 84.9 Å². The van der Waals surface area contributed by atoms with Crippen molar-refractivity contribution >= 4 is 74.9 Å². The maximum atomic E-state index is 14.7. The van der Waals surface area contributed by atoms with E-state index in [-0.39, 0.29) is 94.6 Å². The lowest BCUT2D eigenvalue weighted by atomic mass is 9.99. The molecule has 0 saturated carbocycles. The topological polar surface area (TPSA) is 428 Å². The van der Waals surface area contributed by atoms with Crippen molar-refractivity contribution in [3.8, 4) is 5.75 Å². The summed E-state index contributed by atoms with van der Waals surface area (Å²) < 4.78 is 0. The van der Waals surface area contributed by atoms with Crippen molar-refractivity contribution < 1.29 is 33.9 Å². The molecule has 6 amide bonds. The van der Waals surface area contributed by atoms with Gasteiger partial charge >= 0.3 is 0 Å². The molecule has 0 aromatic heterocycles. The van der Waals surface area contributed by atoms with Crippen molar-refractivity contribution in [1.82, 2.24) is 26.6 Å². The summed E-state index contributed by atoms with van der Waals surface area (Å²) in [5, 5.41) is 27.6. The minimum atomic E-state index is -1.42. The second kappa shape index (κ2) is 29.0. The summed E-state index contributed by atoms with van der Waals surface area (Å²) in [4.78, 5) is 96.4. The number of hydrogen-bond donors (Lipinski definition) is 14. The third-order valence-electron chi connectivity index (χ3n) is 12.3. The van der Waals surface area contributed by atoms with Crippen LogP contribution in [-0.2, 0) is 48.0 Å². The standard InChI is InChI=1S/C53H70N16O7/c54-39(12-5-23-62-51(56)57)46(72)68-44(30-33-16-20-35-9-2-4-11-37(35)27-33)50(76)66-41(14-7-25-64-53(60)61)48(74)69-43(28-31-17-21-38(70)22-18-31)49(75)65-40(13-6-24-63-52(58)59)47(73)67-42(45(55)71)29-32-15-19-34-8-1-3-10-36(34)26-32/h1-4,8-11,15-22,26-27,39-44,70H,5-7,12-14,23-25,28-30,54H2,(H2,55,71)(H,65,75)(H,66,76)(H,67,73)(H,68,72)(H,69,74)(H4,56,57,62)(H4,58,59,63)(H4,60,61,64)/t39-,40-,41-,42-,43-,44-/m0/s1. The minimum Gasteiger partial charge on any atom is -0.508 e. The van der Waals surface area contributed by atoms with E-state index >= 15 is 0 Å². The van der Waals surface area contributed by atoms with Gasteiger partial charge in [-0.15, -0.1) is 0 Å². The van der Waals surface area contributed by atoms with Gasteiger partial charge < -0.3 is 77.6 Å². The van der Waals surface area contributed by atoms with Crippen LogP contribution in [0, 0.1) is 0 Å². The number of nitrogens with one attached hydrogen (secondary N) is 5.